The van der Waals surface area contributed by atoms with Crippen LogP contribution in [-0.2, 0) is 0 Å². The van der Waals surface area contributed by atoms with E-state index in [1.807, 2.05) is 13.0 Å². The van der Waals surface area contributed by atoms with Crippen LogP contribution in [0.25, 0.3) is 0 Å². The van der Waals surface area contributed by atoms with Gasteiger partial charge in [0.1, 0.15) is 0 Å². The van der Waals surface area contributed by atoms with Gasteiger partial charge in [0.2, 0.25) is 0 Å². The van der Waals surface area contributed by atoms with Crippen molar-refractivity contribution < 1.29 is 0 Å². The van der Waals surface area contributed by atoms with Gasteiger partial charge in [0.15, 0.2) is 0 Å². The van der Waals surface area contributed by atoms with Crippen molar-refractivity contribution in [3.63, 3.8) is 0 Å². The first kappa shape index (κ1) is 11.9. The summed E-state index contributed by atoms with van der Waals surface area (Å²) >= 11 is 6.15. The molecular formula is C13H19ClN2. The lowest BCUT2D eigenvalue weighted by Crippen LogP contribution is -2.37. The van der Waals surface area contributed by atoms with Crippen molar-refractivity contribution in [2.45, 2.75) is 39.2 Å². The Hall–Kier alpha value is -0.600. The predicted molar refractivity (Wildman–Crippen MR) is 69.2 cm³/mol. The Kier molecular flexibility index (Phi) is 3.22. The molecular weight excluding hydrogens is 220 g/mol. The Morgan fingerprint density at radius 2 is 2.31 bits per heavy atom. The van der Waals surface area contributed by atoms with Crippen LogP contribution in [0.15, 0.2) is 22.8 Å². The van der Waals surface area contributed by atoms with Gasteiger partial charge < -0.3 is 10.7 Å². The minimum Gasteiger partial charge on any atom is -0.309 e. The van der Waals surface area contributed by atoms with E-state index in [1.54, 1.807) is 0 Å². The highest BCUT2D eigenvalue weighted by molar-refractivity contribution is 6.32. The first-order valence-electron chi connectivity index (χ1n) is 5.89. The van der Waals surface area contributed by atoms with E-state index < -0.39 is 0 Å². The Labute approximate surface area is 102 Å². The average Bonchev–Trinajstić information content (AvgIpc) is 3.06. The van der Waals surface area contributed by atoms with E-state index in [0.29, 0.717) is 12.6 Å². The fourth-order valence-corrected chi connectivity index (χ4v) is 2.32. The summed E-state index contributed by atoms with van der Waals surface area (Å²) in [6, 6.07) is 0.655. The van der Waals surface area contributed by atoms with Crippen LogP contribution in [0.3, 0.4) is 0 Å². The molecule has 0 saturated heterocycles. The van der Waals surface area contributed by atoms with E-state index in [0.717, 1.165) is 22.7 Å². The highest BCUT2D eigenvalue weighted by Gasteiger charge is 2.34. The van der Waals surface area contributed by atoms with Gasteiger partial charge in [-0.2, -0.15) is 0 Å². The quantitative estimate of drug-likeness (QED) is 0.725. The Morgan fingerprint density at radius 3 is 2.94 bits per heavy atom. The predicted octanol–water partition coefficient (Wildman–Crippen LogP) is 3.24. The molecule has 2 N–H and O–H groups in total. The summed E-state index contributed by atoms with van der Waals surface area (Å²) in [6.45, 7) is 4.85. The molecule has 2 aliphatic rings. The zero-order valence-electron chi connectivity index (χ0n) is 9.94. The van der Waals surface area contributed by atoms with Crippen LogP contribution in [0.2, 0.25) is 0 Å². The van der Waals surface area contributed by atoms with Gasteiger partial charge in [-0.3, -0.25) is 0 Å². The maximum Gasteiger partial charge on any atom is 0.0401 e. The van der Waals surface area contributed by atoms with Gasteiger partial charge >= 0.3 is 0 Å². The molecule has 16 heavy (non-hydrogen) atoms. The van der Waals surface area contributed by atoms with E-state index in [1.165, 1.54) is 12.8 Å². The minimum atomic E-state index is -0.187. The lowest BCUT2D eigenvalue weighted by molar-refractivity contribution is 0.538. The lowest BCUT2D eigenvalue weighted by Gasteiger charge is -2.33. The molecule has 3 heteroatoms. The molecule has 0 bridgehead atoms. The van der Waals surface area contributed by atoms with E-state index in [-0.39, 0.29) is 5.41 Å². The van der Waals surface area contributed by atoms with Crippen LogP contribution in [-0.4, -0.2) is 18.3 Å². The van der Waals surface area contributed by atoms with Crippen molar-refractivity contribution in [2.75, 3.05) is 6.54 Å². The standard InChI is InChI=1S/C13H19ClN2/c1-9-11(14)4-3-7-13(9,2)12(15)8-16-10-5-6-10/h3-4,10,15-16H,5-8H2,1-2H3. The third-order valence-electron chi connectivity index (χ3n) is 3.79. The first-order valence-corrected chi connectivity index (χ1v) is 6.26. The average molecular weight is 239 g/mol. The van der Waals surface area contributed by atoms with Crippen molar-refractivity contribution in [3.05, 3.63) is 22.8 Å². The third-order valence-corrected chi connectivity index (χ3v) is 4.20. The highest BCUT2D eigenvalue weighted by atomic mass is 35.5. The molecule has 0 amide bonds. The van der Waals surface area contributed by atoms with Gasteiger partial charge in [-0.15, -0.1) is 0 Å². The molecule has 0 aromatic carbocycles. The molecule has 0 radical (unpaired) electrons. The number of hydrogen-bond acceptors (Lipinski definition) is 2. The van der Waals surface area contributed by atoms with Crippen molar-refractivity contribution in [3.8, 4) is 0 Å². The first-order chi connectivity index (χ1) is 7.54. The molecule has 0 heterocycles. The summed E-state index contributed by atoms with van der Waals surface area (Å²) in [5, 5.41) is 12.4. The maximum atomic E-state index is 8.23. The molecule has 0 aliphatic heterocycles. The van der Waals surface area contributed by atoms with Crippen molar-refractivity contribution in [2.24, 2.45) is 5.41 Å². The molecule has 0 aromatic heterocycles. The second kappa shape index (κ2) is 4.34. The zero-order chi connectivity index (χ0) is 11.8. The fourth-order valence-electron chi connectivity index (χ4n) is 2.02. The smallest absolute Gasteiger partial charge is 0.0401 e. The Bertz CT molecular complexity index is 366. The molecule has 1 fully saturated rings. The molecule has 2 nitrogen and oxygen atoms in total. The molecule has 1 saturated carbocycles. The number of halogens is 1. The summed E-state index contributed by atoms with van der Waals surface area (Å²) in [6.07, 6.45) is 7.43. The van der Waals surface area contributed by atoms with Gasteiger partial charge in [-0.1, -0.05) is 24.6 Å². The minimum absolute atomic E-state index is 0.187. The van der Waals surface area contributed by atoms with E-state index in [9.17, 15) is 0 Å². The Balaban J connectivity index is 2.05. The summed E-state index contributed by atoms with van der Waals surface area (Å²) in [4.78, 5) is 0. The van der Waals surface area contributed by atoms with Gasteiger partial charge in [-0.25, -0.2) is 0 Å². The number of nitrogens with one attached hydrogen (secondary N) is 2. The molecule has 88 valence electrons. The van der Waals surface area contributed by atoms with Crippen LogP contribution in [0.5, 0.6) is 0 Å². The van der Waals surface area contributed by atoms with E-state index in [2.05, 4.69) is 18.3 Å². The van der Waals surface area contributed by atoms with E-state index >= 15 is 0 Å². The van der Waals surface area contributed by atoms with Crippen LogP contribution in [0.1, 0.15) is 33.1 Å². The van der Waals surface area contributed by atoms with Crippen molar-refractivity contribution >= 4 is 17.3 Å². The largest absolute Gasteiger partial charge is 0.309 e. The number of hydrogen-bond donors (Lipinski definition) is 2. The van der Waals surface area contributed by atoms with Crippen LogP contribution < -0.4 is 5.32 Å². The molecule has 2 aliphatic carbocycles. The van der Waals surface area contributed by atoms with Crippen molar-refractivity contribution in [1.29, 1.82) is 5.41 Å². The summed E-state index contributed by atoms with van der Waals surface area (Å²) in [7, 11) is 0. The monoisotopic (exact) mass is 238 g/mol. The molecule has 0 aromatic rings. The Morgan fingerprint density at radius 1 is 1.62 bits per heavy atom. The third kappa shape index (κ3) is 2.23. The zero-order valence-corrected chi connectivity index (χ0v) is 10.7. The van der Waals surface area contributed by atoms with Gasteiger partial charge in [0, 0.05) is 28.7 Å². The maximum absolute atomic E-state index is 8.23. The fraction of sp³-hybridized carbons (Fsp3) is 0.615. The number of rotatable bonds is 4. The molecule has 0 spiro atoms. The van der Waals surface area contributed by atoms with Gasteiger partial charge in [0.05, 0.1) is 0 Å². The van der Waals surface area contributed by atoms with Crippen LogP contribution >= 0.6 is 11.6 Å². The number of allylic oxidation sites excluding steroid dienone is 4. The van der Waals surface area contributed by atoms with Gasteiger partial charge in [0.25, 0.3) is 0 Å². The molecule has 1 atom stereocenters. The lowest BCUT2D eigenvalue weighted by atomic mass is 9.73. The molecule has 1 unspecified atom stereocenters. The topological polar surface area (TPSA) is 35.9 Å². The summed E-state index contributed by atoms with van der Waals surface area (Å²) in [5.41, 5.74) is 1.69. The van der Waals surface area contributed by atoms with Crippen molar-refractivity contribution in [1.82, 2.24) is 5.32 Å². The van der Waals surface area contributed by atoms with Crippen LogP contribution in [0, 0.1) is 10.8 Å². The SMILES string of the molecule is CC1=C(Cl)C=CCC1(C)C(=N)CNC1CC1. The van der Waals surface area contributed by atoms with Gasteiger partial charge in [-0.05, 0) is 37.8 Å². The van der Waals surface area contributed by atoms with Crippen LogP contribution in [0.4, 0.5) is 0 Å². The van der Waals surface area contributed by atoms with E-state index in [4.69, 9.17) is 17.0 Å². The second-order valence-electron chi connectivity index (χ2n) is 5.05. The highest BCUT2D eigenvalue weighted by Crippen LogP contribution is 2.39. The molecule has 2 rings (SSSR count). The summed E-state index contributed by atoms with van der Waals surface area (Å²) in [5.74, 6) is 0. The normalized spacial score (nSPS) is 29.7. The summed E-state index contributed by atoms with van der Waals surface area (Å²) < 4.78 is 0. The second-order valence-corrected chi connectivity index (χ2v) is 5.45.